The van der Waals surface area contributed by atoms with Gasteiger partial charge in [0.1, 0.15) is 5.75 Å². The fourth-order valence-electron chi connectivity index (χ4n) is 3.45. The second-order valence-electron chi connectivity index (χ2n) is 7.54. The highest BCUT2D eigenvalue weighted by Gasteiger charge is 2.26. The minimum absolute atomic E-state index is 0.0779. The van der Waals surface area contributed by atoms with Crippen LogP contribution in [0, 0.1) is 0 Å². The maximum Gasteiger partial charge on any atom is 0.322 e. The number of anilines is 1. The minimum Gasteiger partial charge on any atom is -0.497 e. The number of ether oxygens (including phenoxy) is 2. The zero-order chi connectivity index (χ0) is 23.4. The molecule has 4 rings (SSSR count). The van der Waals surface area contributed by atoms with Crippen LogP contribution in [0.4, 0.5) is 6.01 Å². The lowest BCUT2D eigenvalue weighted by molar-refractivity contribution is 0.0979. The molecule has 3 aromatic rings. The normalized spacial score (nSPS) is 16.2. The van der Waals surface area contributed by atoms with Gasteiger partial charge >= 0.3 is 6.01 Å². The van der Waals surface area contributed by atoms with Gasteiger partial charge in [-0.3, -0.25) is 10.1 Å². The van der Waals surface area contributed by atoms with Crippen molar-refractivity contribution >= 4 is 21.9 Å². The van der Waals surface area contributed by atoms with Crippen molar-refractivity contribution in [3.8, 4) is 17.2 Å². The second kappa shape index (κ2) is 9.69. The number of nitrogens with one attached hydrogen (secondary N) is 1. The molecular weight excluding hydrogens is 448 g/mol. The van der Waals surface area contributed by atoms with Crippen molar-refractivity contribution in [3.63, 3.8) is 0 Å². The van der Waals surface area contributed by atoms with Gasteiger partial charge in [0.15, 0.2) is 0 Å². The lowest BCUT2D eigenvalue weighted by Gasteiger charge is -2.20. The van der Waals surface area contributed by atoms with Crippen LogP contribution in [0.1, 0.15) is 23.2 Å². The van der Waals surface area contributed by atoms with Crippen LogP contribution in [0.3, 0.4) is 0 Å². The molecule has 1 aliphatic rings. The predicted octanol–water partition coefficient (Wildman–Crippen LogP) is 2.80. The fourth-order valence-corrected chi connectivity index (χ4v) is 4.65. The van der Waals surface area contributed by atoms with Gasteiger partial charge in [-0.05, 0) is 55.3 Å². The first-order valence-corrected chi connectivity index (χ1v) is 11.8. The number of hydrogen-bond acceptors (Lipinski definition) is 8. The molecule has 10 nitrogen and oxygen atoms in total. The molecule has 1 fully saturated rings. The highest BCUT2D eigenvalue weighted by atomic mass is 32.2. The number of aromatic nitrogens is 2. The van der Waals surface area contributed by atoms with Crippen LogP contribution in [0.25, 0.3) is 11.5 Å². The second-order valence-corrected chi connectivity index (χ2v) is 9.59. The Hall–Kier alpha value is -3.28. The number of benzene rings is 2. The summed E-state index contributed by atoms with van der Waals surface area (Å²) >= 11 is 0. The number of hydrogen-bond donors (Lipinski definition) is 1. The molecule has 0 saturated carbocycles. The van der Waals surface area contributed by atoms with E-state index in [1.54, 1.807) is 31.4 Å². The number of carbonyl (C=O) groups excluding carboxylic acids is 1. The summed E-state index contributed by atoms with van der Waals surface area (Å²) in [4.78, 5) is 12.6. The molecule has 1 aromatic heterocycles. The molecule has 2 aromatic carbocycles. The van der Waals surface area contributed by atoms with Crippen LogP contribution in [0.2, 0.25) is 0 Å². The van der Waals surface area contributed by atoms with Crippen molar-refractivity contribution in [2.24, 2.45) is 0 Å². The van der Waals surface area contributed by atoms with E-state index in [0.717, 1.165) is 12.8 Å². The van der Waals surface area contributed by atoms with E-state index in [4.69, 9.17) is 13.9 Å². The van der Waals surface area contributed by atoms with Crippen LogP contribution in [0.15, 0.2) is 57.8 Å². The Morgan fingerprint density at radius 1 is 1.21 bits per heavy atom. The number of sulfonamides is 1. The molecule has 33 heavy (non-hydrogen) atoms. The Kier molecular flexibility index (Phi) is 6.72. The van der Waals surface area contributed by atoms with Crippen molar-refractivity contribution in [2.45, 2.75) is 23.8 Å². The number of carbonyl (C=O) groups is 1. The van der Waals surface area contributed by atoms with Crippen LogP contribution in [-0.2, 0) is 14.8 Å². The Bertz CT molecular complexity index is 1220. The van der Waals surface area contributed by atoms with Crippen LogP contribution in [-0.4, -0.2) is 62.2 Å². The van der Waals surface area contributed by atoms with Gasteiger partial charge in [0.05, 0.1) is 18.1 Å². The molecule has 0 aliphatic carbocycles. The van der Waals surface area contributed by atoms with Crippen molar-refractivity contribution in [2.75, 3.05) is 32.6 Å². The summed E-state index contributed by atoms with van der Waals surface area (Å²) in [5, 5.41) is 10.3. The molecule has 2 heterocycles. The minimum atomic E-state index is -3.69. The van der Waals surface area contributed by atoms with Gasteiger partial charge in [-0.2, -0.15) is 4.31 Å². The van der Waals surface area contributed by atoms with Crippen LogP contribution >= 0.6 is 0 Å². The molecule has 1 saturated heterocycles. The molecule has 1 N–H and O–H groups in total. The molecule has 174 valence electrons. The summed E-state index contributed by atoms with van der Waals surface area (Å²) in [5.41, 5.74) is 0.890. The van der Waals surface area contributed by atoms with E-state index >= 15 is 0 Å². The quantitative estimate of drug-likeness (QED) is 0.531. The SMILES string of the molecule is COc1cccc(-c2nnc(NC(=O)c3ccc(S(=O)(=O)N(C)CC4CCCO4)cc3)o2)c1. The average Bonchev–Trinajstić information content (AvgIpc) is 3.51. The third-order valence-corrected chi connectivity index (χ3v) is 7.11. The van der Waals surface area contributed by atoms with Crippen molar-refractivity contribution < 1.29 is 27.1 Å². The van der Waals surface area contributed by atoms with E-state index < -0.39 is 15.9 Å². The van der Waals surface area contributed by atoms with Crippen molar-refractivity contribution in [1.82, 2.24) is 14.5 Å². The number of likely N-dealkylation sites (N-methyl/N-ethyl adjacent to an activating group) is 1. The Balaban J connectivity index is 1.42. The van der Waals surface area contributed by atoms with E-state index in [1.807, 2.05) is 0 Å². The van der Waals surface area contributed by atoms with Crippen molar-refractivity contribution in [1.29, 1.82) is 0 Å². The number of methoxy groups -OCH3 is 1. The first kappa shape index (κ1) is 22.9. The van der Waals surface area contributed by atoms with Gasteiger partial charge in [-0.1, -0.05) is 11.2 Å². The largest absolute Gasteiger partial charge is 0.497 e. The molecule has 1 unspecified atom stereocenters. The van der Waals surface area contributed by atoms with E-state index in [2.05, 4.69) is 15.5 Å². The van der Waals surface area contributed by atoms with Gasteiger partial charge in [0, 0.05) is 31.3 Å². The van der Waals surface area contributed by atoms with E-state index in [1.165, 1.54) is 35.6 Å². The topological polar surface area (TPSA) is 124 Å². The fraction of sp³-hybridized carbons (Fsp3) is 0.318. The maximum atomic E-state index is 12.8. The average molecular weight is 473 g/mol. The molecule has 1 atom stereocenters. The molecule has 1 amide bonds. The van der Waals surface area contributed by atoms with E-state index in [-0.39, 0.29) is 35.0 Å². The molecule has 11 heteroatoms. The standard InChI is InChI=1S/C22H24N4O6S/c1-26(14-18-7-4-12-31-18)33(28,29)19-10-8-15(9-11-19)20(27)23-22-25-24-21(32-22)16-5-3-6-17(13-16)30-2/h3,5-6,8-11,13,18H,4,7,12,14H2,1-2H3,(H,23,25,27). The molecule has 0 bridgehead atoms. The van der Waals surface area contributed by atoms with Gasteiger partial charge in [-0.25, -0.2) is 8.42 Å². The number of rotatable bonds is 8. The third-order valence-electron chi connectivity index (χ3n) is 5.27. The van der Waals surface area contributed by atoms with Crippen molar-refractivity contribution in [3.05, 3.63) is 54.1 Å². The van der Waals surface area contributed by atoms with Crippen LogP contribution < -0.4 is 10.1 Å². The Labute approximate surface area is 191 Å². The zero-order valence-electron chi connectivity index (χ0n) is 18.2. The molecule has 1 aliphatic heterocycles. The monoisotopic (exact) mass is 472 g/mol. The molecular formula is C22H24N4O6S. The first-order valence-electron chi connectivity index (χ1n) is 10.3. The maximum absolute atomic E-state index is 12.8. The Morgan fingerprint density at radius 3 is 2.70 bits per heavy atom. The zero-order valence-corrected chi connectivity index (χ0v) is 19.0. The van der Waals surface area contributed by atoms with Gasteiger partial charge in [0.25, 0.3) is 5.91 Å². The summed E-state index contributed by atoms with van der Waals surface area (Å²) in [7, 11) is -0.617. The smallest absolute Gasteiger partial charge is 0.322 e. The number of nitrogens with zero attached hydrogens (tertiary/aromatic N) is 3. The highest BCUT2D eigenvalue weighted by Crippen LogP contribution is 2.24. The lowest BCUT2D eigenvalue weighted by atomic mass is 10.2. The van der Waals surface area contributed by atoms with Gasteiger partial charge in [0.2, 0.25) is 15.9 Å². The van der Waals surface area contributed by atoms with Gasteiger partial charge < -0.3 is 13.9 Å². The first-order chi connectivity index (χ1) is 15.9. The molecule has 0 radical (unpaired) electrons. The predicted molar refractivity (Wildman–Crippen MR) is 119 cm³/mol. The summed E-state index contributed by atoms with van der Waals surface area (Å²) in [5.74, 6) is 0.347. The summed E-state index contributed by atoms with van der Waals surface area (Å²) in [6, 6.07) is 12.6. The van der Waals surface area contributed by atoms with E-state index in [9.17, 15) is 13.2 Å². The Morgan fingerprint density at radius 2 is 2.00 bits per heavy atom. The third kappa shape index (κ3) is 5.21. The molecule has 0 spiro atoms. The van der Waals surface area contributed by atoms with Gasteiger partial charge in [-0.15, -0.1) is 5.10 Å². The van der Waals surface area contributed by atoms with Crippen LogP contribution in [0.5, 0.6) is 5.75 Å². The summed E-state index contributed by atoms with van der Waals surface area (Å²) in [6.45, 7) is 0.945. The summed E-state index contributed by atoms with van der Waals surface area (Å²) in [6.07, 6.45) is 1.68. The lowest BCUT2D eigenvalue weighted by Crippen LogP contribution is -2.34. The van der Waals surface area contributed by atoms with E-state index in [0.29, 0.717) is 17.9 Å². The highest BCUT2D eigenvalue weighted by molar-refractivity contribution is 7.89. The number of amides is 1. The summed E-state index contributed by atoms with van der Waals surface area (Å²) < 4.78 is 43.1.